The van der Waals surface area contributed by atoms with E-state index < -0.39 is 11.8 Å². The Balaban J connectivity index is 0.000000261. The molecule has 4 heterocycles. The number of thiophene rings is 1. The van der Waals surface area contributed by atoms with Crippen LogP contribution in [0.25, 0.3) is 65.7 Å². The SMILES string of the molecule is Cc1c[c-]c(-c2cc(C)c(C)cn2)cc1.[2H]C([2H])(c1cnc(-c2[c-]ccc3c2oc2c4cc(C)sc4ccc32)cc1-c1c(C)cccc1C)C(C)(C)C.[Ir]. The predicted molar refractivity (Wildman–Crippen MR) is 217 cm³/mol. The second-order valence-electron chi connectivity index (χ2n) is 14.6. The van der Waals surface area contributed by atoms with Gasteiger partial charge in [0, 0.05) is 55.6 Å². The minimum Gasteiger partial charge on any atom is -0.500 e. The van der Waals surface area contributed by atoms with Gasteiger partial charge in [-0.2, -0.15) is 0 Å². The molecule has 0 unspecified atom stereocenters. The molecule has 0 saturated carbocycles. The van der Waals surface area contributed by atoms with Crippen molar-refractivity contribution in [2.24, 2.45) is 5.41 Å². The molecule has 265 valence electrons. The van der Waals surface area contributed by atoms with Gasteiger partial charge in [-0.25, -0.2) is 0 Å². The van der Waals surface area contributed by atoms with E-state index in [0.717, 1.165) is 72.1 Å². The average molecular weight is 879 g/mol. The molecule has 8 aromatic rings. The molecule has 0 amide bonds. The van der Waals surface area contributed by atoms with Crippen LogP contribution in [0, 0.1) is 59.1 Å². The molecular weight excluding hydrogens is 833 g/mol. The molecule has 0 fully saturated rings. The molecule has 0 aliphatic rings. The van der Waals surface area contributed by atoms with Crippen LogP contribution in [0.3, 0.4) is 0 Å². The maximum absolute atomic E-state index is 9.11. The predicted octanol–water partition coefficient (Wildman–Crippen LogP) is 13.3. The van der Waals surface area contributed by atoms with Crippen LogP contribution in [-0.2, 0) is 26.5 Å². The quantitative estimate of drug-likeness (QED) is 0.165. The zero-order chi connectivity index (χ0) is 37.8. The Labute approximate surface area is 328 Å². The molecule has 8 rings (SSSR count). The zero-order valence-electron chi connectivity index (χ0n) is 33.2. The molecule has 0 saturated heterocycles. The summed E-state index contributed by atoms with van der Waals surface area (Å²) in [5.41, 5.74) is 13.0. The fraction of sp³-hybridized carbons (Fsp3) is 0.234. The van der Waals surface area contributed by atoms with Gasteiger partial charge in [0.05, 0.1) is 5.58 Å². The summed E-state index contributed by atoms with van der Waals surface area (Å²) >= 11 is 1.77. The Bertz CT molecular complexity index is 2630. The summed E-state index contributed by atoms with van der Waals surface area (Å²) in [5.74, 6) is 0. The Hall–Kier alpha value is -4.41. The summed E-state index contributed by atoms with van der Waals surface area (Å²) in [4.78, 5) is 10.5. The first-order valence-electron chi connectivity index (χ1n) is 18.4. The molecule has 52 heavy (non-hydrogen) atoms. The van der Waals surface area contributed by atoms with Crippen LogP contribution in [0.4, 0.5) is 0 Å². The number of benzene rings is 4. The Morgan fingerprint density at radius 3 is 2.15 bits per heavy atom. The van der Waals surface area contributed by atoms with Gasteiger partial charge in [-0.15, -0.1) is 64.9 Å². The van der Waals surface area contributed by atoms with E-state index in [0.29, 0.717) is 5.56 Å². The van der Waals surface area contributed by atoms with Crippen LogP contribution in [0.5, 0.6) is 0 Å². The topological polar surface area (TPSA) is 38.9 Å². The standard InChI is InChI=1S/C33H30NOS.C14H14N.Ir/c1-19-9-7-10-20(2)30(19)26-16-28(34-18-22(26)17-33(4,5)6)25-12-8-11-23-24-13-14-29-27(15-21(3)36-29)32(24)35-31(23)25;1-10-4-6-13(7-5-10)14-8-11(2)12(3)9-15-14;/h7-11,13-16,18H,17H2,1-6H3;4-6,8-9H,1-3H3;/q2*-1;/i17D2;;. The van der Waals surface area contributed by atoms with Crippen LogP contribution in [-0.4, -0.2) is 9.97 Å². The number of aryl methyl sites for hydroxylation is 6. The first kappa shape index (κ1) is 34.7. The fourth-order valence-electron chi connectivity index (χ4n) is 6.61. The third-order valence-corrected chi connectivity index (χ3v) is 10.3. The van der Waals surface area contributed by atoms with Crippen molar-refractivity contribution in [1.82, 2.24) is 9.97 Å². The molecule has 4 aromatic carbocycles. The maximum Gasteiger partial charge on any atom is 0.129 e. The molecule has 0 atom stereocenters. The second-order valence-corrected chi connectivity index (χ2v) is 15.9. The molecule has 5 heteroatoms. The molecule has 0 aliphatic heterocycles. The molecule has 0 N–H and O–H groups in total. The van der Waals surface area contributed by atoms with Gasteiger partial charge in [0.1, 0.15) is 5.58 Å². The van der Waals surface area contributed by atoms with Gasteiger partial charge >= 0.3 is 0 Å². The number of aromatic nitrogens is 2. The maximum atomic E-state index is 9.11. The first-order valence-corrected chi connectivity index (χ1v) is 18.2. The van der Waals surface area contributed by atoms with Gasteiger partial charge in [-0.05, 0) is 103 Å². The zero-order valence-corrected chi connectivity index (χ0v) is 34.4. The Kier molecular flexibility index (Phi) is 9.94. The number of furan rings is 1. The van der Waals surface area contributed by atoms with Crippen molar-refractivity contribution in [3.05, 3.63) is 142 Å². The van der Waals surface area contributed by atoms with Crippen molar-refractivity contribution >= 4 is 43.4 Å². The Morgan fingerprint density at radius 2 is 1.46 bits per heavy atom. The number of hydrogen-bond acceptors (Lipinski definition) is 4. The molecule has 4 aromatic heterocycles. The fourth-order valence-corrected chi connectivity index (χ4v) is 7.53. The monoisotopic (exact) mass is 879 g/mol. The van der Waals surface area contributed by atoms with Crippen molar-refractivity contribution in [1.29, 1.82) is 0 Å². The first-order chi connectivity index (χ1) is 25.1. The van der Waals surface area contributed by atoms with E-state index in [1.165, 1.54) is 26.3 Å². The van der Waals surface area contributed by atoms with E-state index in [1.54, 1.807) is 17.5 Å². The summed E-state index contributed by atoms with van der Waals surface area (Å²) in [5, 5.41) is 3.24. The normalized spacial score (nSPS) is 12.3. The second kappa shape index (κ2) is 14.9. The molecule has 0 aliphatic carbocycles. The minimum absolute atomic E-state index is 0. The summed E-state index contributed by atoms with van der Waals surface area (Å²) < 4.78 is 26.0. The average Bonchev–Trinajstić information content (AvgIpc) is 3.69. The van der Waals surface area contributed by atoms with Gasteiger partial charge in [0.2, 0.25) is 0 Å². The minimum atomic E-state index is -1.60. The van der Waals surface area contributed by atoms with Crippen LogP contribution in [0.15, 0.2) is 95.7 Å². The van der Waals surface area contributed by atoms with Crippen molar-refractivity contribution in [3.8, 4) is 33.6 Å². The van der Waals surface area contributed by atoms with E-state index in [-0.39, 0.29) is 20.1 Å². The largest absolute Gasteiger partial charge is 0.500 e. The molecule has 3 nitrogen and oxygen atoms in total. The molecular formula is C47H44IrN2OS-2. The van der Waals surface area contributed by atoms with Gasteiger partial charge in [-0.1, -0.05) is 80.6 Å². The summed E-state index contributed by atoms with van der Waals surface area (Å²) in [6.45, 7) is 18.3. The van der Waals surface area contributed by atoms with Gasteiger partial charge < -0.3 is 14.4 Å². The van der Waals surface area contributed by atoms with Crippen LogP contribution < -0.4 is 0 Å². The number of pyridine rings is 2. The number of hydrogen-bond donors (Lipinski definition) is 0. The smallest absolute Gasteiger partial charge is 0.129 e. The summed E-state index contributed by atoms with van der Waals surface area (Å²) in [7, 11) is 0. The number of nitrogens with zero attached hydrogens (tertiary/aromatic N) is 2. The Morgan fingerprint density at radius 1 is 0.731 bits per heavy atom. The van der Waals surface area contributed by atoms with Crippen molar-refractivity contribution < 1.29 is 27.3 Å². The van der Waals surface area contributed by atoms with Gasteiger partial charge in [0.15, 0.2) is 0 Å². The van der Waals surface area contributed by atoms with Crippen LogP contribution in [0.1, 0.15) is 61.8 Å². The van der Waals surface area contributed by atoms with E-state index in [9.17, 15) is 0 Å². The van der Waals surface area contributed by atoms with E-state index >= 15 is 0 Å². The van der Waals surface area contributed by atoms with Gasteiger partial charge in [-0.3, -0.25) is 0 Å². The number of fused-ring (bicyclic) bond motifs is 5. The molecule has 0 spiro atoms. The molecule has 0 bridgehead atoms. The van der Waals surface area contributed by atoms with E-state index in [4.69, 9.17) is 12.1 Å². The number of rotatable bonds is 4. The van der Waals surface area contributed by atoms with Crippen molar-refractivity contribution in [2.75, 3.05) is 0 Å². The van der Waals surface area contributed by atoms with E-state index in [2.05, 4.69) is 113 Å². The van der Waals surface area contributed by atoms with Crippen molar-refractivity contribution in [3.63, 3.8) is 0 Å². The summed E-state index contributed by atoms with van der Waals surface area (Å²) in [6.07, 6.45) is 2.04. The molecule has 1 radical (unpaired) electrons. The van der Waals surface area contributed by atoms with Gasteiger partial charge in [0.25, 0.3) is 0 Å². The third-order valence-electron chi connectivity index (χ3n) is 9.26. The van der Waals surface area contributed by atoms with Crippen LogP contribution >= 0.6 is 11.3 Å². The van der Waals surface area contributed by atoms with E-state index in [1.807, 2.05) is 51.2 Å². The van der Waals surface area contributed by atoms with Crippen LogP contribution in [0.2, 0.25) is 0 Å². The summed E-state index contributed by atoms with van der Waals surface area (Å²) in [6, 6.07) is 33.6. The third kappa shape index (κ3) is 7.55. The van der Waals surface area contributed by atoms with Crippen molar-refractivity contribution in [2.45, 2.75) is 68.7 Å².